The van der Waals surface area contributed by atoms with Crippen LogP contribution >= 0.6 is 0 Å². The van der Waals surface area contributed by atoms with E-state index in [0.717, 1.165) is 37.2 Å². The minimum absolute atomic E-state index is 0.279. The predicted molar refractivity (Wildman–Crippen MR) is 102 cm³/mol. The van der Waals surface area contributed by atoms with E-state index in [2.05, 4.69) is 18.7 Å². The van der Waals surface area contributed by atoms with Gasteiger partial charge < -0.3 is 4.42 Å². The maximum atomic E-state index is 12.8. The summed E-state index contributed by atoms with van der Waals surface area (Å²) in [4.78, 5) is 2.98. The third kappa shape index (κ3) is 3.06. The molecule has 2 aromatic carbocycles. The lowest BCUT2D eigenvalue weighted by Crippen LogP contribution is -2.32. The van der Waals surface area contributed by atoms with Gasteiger partial charge in [-0.25, -0.2) is 8.42 Å². The van der Waals surface area contributed by atoms with Gasteiger partial charge in [-0.3, -0.25) is 4.90 Å². The second kappa shape index (κ2) is 6.56. The molecule has 26 heavy (non-hydrogen) atoms. The van der Waals surface area contributed by atoms with Crippen LogP contribution in [0.1, 0.15) is 25.2 Å². The molecule has 0 radical (unpaired) electrons. The third-order valence-electron chi connectivity index (χ3n) is 4.88. The standard InChI is InChI=1S/C21H23NO3S/c1-15(2)13-22-11-10-19-18-9-8-17(12-20(18)25-21(19)14-22)26(23,24)16-6-4-3-5-7-16/h3-9,12,15H,10-11,13-14H2,1-2H3. The molecular formula is C21H23NO3S. The molecule has 1 aliphatic heterocycles. The Balaban J connectivity index is 1.72. The fraction of sp³-hybridized carbons (Fsp3) is 0.333. The molecule has 4 rings (SSSR count). The maximum absolute atomic E-state index is 12.8. The maximum Gasteiger partial charge on any atom is 0.206 e. The van der Waals surface area contributed by atoms with Gasteiger partial charge in [0.25, 0.3) is 0 Å². The monoisotopic (exact) mass is 369 g/mol. The summed E-state index contributed by atoms with van der Waals surface area (Å²) in [6.45, 7) is 7.29. The fourth-order valence-electron chi connectivity index (χ4n) is 3.71. The number of hydrogen-bond acceptors (Lipinski definition) is 4. The summed E-state index contributed by atoms with van der Waals surface area (Å²) in [5.41, 5.74) is 1.89. The second-order valence-corrected chi connectivity index (χ2v) is 9.31. The fourth-order valence-corrected chi connectivity index (χ4v) is 5.01. The first kappa shape index (κ1) is 17.3. The minimum Gasteiger partial charge on any atom is -0.459 e. The molecule has 0 atom stereocenters. The Morgan fingerprint density at radius 1 is 1.08 bits per heavy atom. The minimum atomic E-state index is -3.53. The quantitative estimate of drug-likeness (QED) is 0.689. The van der Waals surface area contributed by atoms with E-state index in [1.165, 1.54) is 5.56 Å². The van der Waals surface area contributed by atoms with Gasteiger partial charge in [0, 0.05) is 30.1 Å². The SMILES string of the molecule is CC(C)CN1CCc2c(oc3cc(S(=O)(=O)c4ccccc4)ccc23)C1. The van der Waals surface area contributed by atoms with Crippen LogP contribution in [0.5, 0.6) is 0 Å². The molecule has 0 aliphatic carbocycles. The van der Waals surface area contributed by atoms with Gasteiger partial charge in [-0.1, -0.05) is 32.0 Å². The third-order valence-corrected chi connectivity index (χ3v) is 6.65. The molecule has 1 aliphatic rings. The Morgan fingerprint density at radius 3 is 2.58 bits per heavy atom. The normalized spacial score (nSPS) is 15.5. The molecule has 5 heteroatoms. The van der Waals surface area contributed by atoms with Crippen molar-refractivity contribution in [3.63, 3.8) is 0 Å². The highest BCUT2D eigenvalue weighted by atomic mass is 32.2. The lowest BCUT2D eigenvalue weighted by molar-refractivity contribution is 0.208. The van der Waals surface area contributed by atoms with Gasteiger partial charge in [0.15, 0.2) is 0 Å². The highest BCUT2D eigenvalue weighted by molar-refractivity contribution is 7.91. The topological polar surface area (TPSA) is 50.5 Å². The zero-order valence-electron chi connectivity index (χ0n) is 15.1. The van der Waals surface area contributed by atoms with Crippen molar-refractivity contribution in [2.24, 2.45) is 5.92 Å². The van der Waals surface area contributed by atoms with Crippen LogP contribution in [0.2, 0.25) is 0 Å². The van der Waals surface area contributed by atoms with E-state index in [4.69, 9.17) is 4.42 Å². The van der Waals surface area contributed by atoms with Crippen LogP contribution < -0.4 is 0 Å². The first-order valence-electron chi connectivity index (χ1n) is 9.02. The van der Waals surface area contributed by atoms with E-state index in [0.29, 0.717) is 16.4 Å². The van der Waals surface area contributed by atoms with Gasteiger partial charge in [-0.2, -0.15) is 0 Å². The number of benzene rings is 2. The van der Waals surface area contributed by atoms with Crippen molar-refractivity contribution in [3.05, 3.63) is 59.9 Å². The van der Waals surface area contributed by atoms with Crippen molar-refractivity contribution in [3.8, 4) is 0 Å². The van der Waals surface area contributed by atoms with Crippen LogP contribution in [0.3, 0.4) is 0 Å². The van der Waals surface area contributed by atoms with Gasteiger partial charge >= 0.3 is 0 Å². The Hall–Kier alpha value is -2.11. The summed E-state index contributed by atoms with van der Waals surface area (Å²) in [6, 6.07) is 13.8. The predicted octanol–water partition coefficient (Wildman–Crippen LogP) is 4.28. The second-order valence-electron chi connectivity index (χ2n) is 7.36. The molecule has 136 valence electrons. The van der Waals surface area contributed by atoms with E-state index in [1.54, 1.807) is 36.4 Å². The average Bonchev–Trinajstić information content (AvgIpc) is 2.98. The molecule has 4 nitrogen and oxygen atoms in total. The van der Waals surface area contributed by atoms with Gasteiger partial charge in [0.05, 0.1) is 16.3 Å². The van der Waals surface area contributed by atoms with Gasteiger partial charge in [0.2, 0.25) is 9.84 Å². The number of sulfone groups is 1. The Labute approximate surface area is 154 Å². The molecule has 0 N–H and O–H groups in total. The van der Waals surface area contributed by atoms with E-state index >= 15 is 0 Å². The lowest BCUT2D eigenvalue weighted by Gasteiger charge is -2.27. The summed E-state index contributed by atoms with van der Waals surface area (Å²) in [7, 11) is -3.53. The number of hydrogen-bond donors (Lipinski definition) is 0. The Kier molecular flexibility index (Phi) is 4.37. The van der Waals surface area contributed by atoms with Crippen LogP contribution in [0, 0.1) is 5.92 Å². The van der Waals surface area contributed by atoms with E-state index in [1.807, 2.05) is 12.1 Å². The highest BCUT2D eigenvalue weighted by Crippen LogP contribution is 2.33. The van der Waals surface area contributed by atoms with Crippen molar-refractivity contribution < 1.29 is 12.8 Å². The number of fused-ring (bicyclic) bond motifs is 3. The first-order valence-corrected chi connectivity index (χ1v) is 10.5. The van der Waals surface area contributed by atoms with Crippen molar-refractivity contribution in [1.82, 2.24) is 4.90 Å². The summed E-state index contributed by atoms with van der Waals surface area (Å²) in [5.74, 6) is 1.59. The van der Waals surface area contributed by atoms with Crippen LogP contribution in [0.25, 0.3) is 11.0 Å². The van der Waals surface area contributed by atoms with E-state index in [-0.39, 0.29) is 4.90 Å². The van der Waals surface area contributed by atoms with Crippen molar-refractivity contribution in [1.29, 1.82) is 0 Å². The van der Waals surface area contributed by atoms with Crippen molar-refractivity contribution in [2.45, 2.75) is 36.6 Å². The van der Waals surface area contributed by atoms with Crippen LogP contribution in [0.4, 0.5) is 0 Å². The molecule has 0 unspecified atom stereocenters. The average molecular weight is 369 g/mol. The number of rotatable bonds is 4. The molecule has 0 bridgehead atoms. The number of furan rings is 1. The molecular weight excluding hydrogens is 346 g/mol. The molecule has 0 saturated heterocycles. The van der Waals surface area contributed by atoms with Crippen molar-refractivity contribution in [2.75, 3.05) is 13.1 Å². The van der Waals surface area contributed by atoms with Crippen LogP contribution in [0.15, 0.2) is 62.7 Å². The van der Waals surface area contributed by atoms with Gasteiger partial charge in [0.1, 0.15) is 11.3 Å². The summed E-state index contributed by atoms with van der Waals surface area (Å²) in [5, 5.41) is 1.04. The molecule has 2 heterocycles. The summed E-state index contributed by atoms with van der Waals surface area (Å²) in [6.07, 6.45) is 0.944. The molecule has 0 spiro atoms. The zero-order valence-corrected chi connectivity index (χ0v) is 15.9. The molecule has 0 fully saturated rings. The largest absolute Gasteiger partial charge is 0.459 e. The molecule has 0 saturated carbocycles. The van der Waals surface area contributed by atoms with Crippen LogP contribution in [-0.2, 0) is 22.8 Å². The van der Waals surface area contributed by atoms with Gasteiger partial charge in [-0.15, -0.1) is 0 Å². The van der Waals surface area contributed by atoms with Gasteiger partial charge in [-0.05, 0) is 36.6 Å². The van der Waals surface area contributed by atoms with E-state index in [9.17, 15) is 8.42 Å². The van der Waals surface area contributed by atoms with Crippen LogP contribution in [-0.4, -0.2) is 26.4 Å². The highest BCUT2D eigenvalue weighted by Gasteiger charge is 2.25. The molecule has 1 aromatic heterocycles. The number of nitrogens with zero attached hydrogens (tertiary/aromatic N) is 1. The molecule has 0 amide bonds. The molecule has 3 aromatic rings. The van der Waals surface area contributed by atoms with E-state index < -0.39 is 9.84 Å². The summed E-state index contributed by atoms with van der Waals surface area (Å²) < 4.78 is 31.8. The lowest BCUT2D eigenvalue weighted by atomic mass is 10.0. The van der Waals surface area contributed by atoms with Crippen molar-refractivity contribution >= 4 is 20.8 Å². The first-order chi connectivity index (χ1) is 12.4. The summed E-state index contributed by atoms with van der Waals surface area (Å²) >= 11 is 0. The Bertz CT molecular complexity index is 1040. The smallest absolute Gasteiger partial charge is 0.206 e. The zero-order chi connectivity index (χ0) is 18.3. The Morgan fingerprint density at radius 2 is 1.85 bits per heavy atom.